The molecular weight excluding hydrogens is 168 g/mol. The summed E-state index contributed by atoms with van der Waals surface area (Å²) in [5, 5.41) is 0. The summed E-state index contributed by atoms with van der Waals surface area (Å²) < 4.78 is 5.43. The first-order valence-corrected chi connectivity index (χ1v) is 7.80. The lowest BCUT2D eigenvalue weighted by Gasteiger charge is -2.24. The Hall–Kier alpha value is 0.137. The van der Waals surface area contributed by atoms with E-state index in [0.717, 1.165) is 19.4 Å². The van der Waals surface area contributed by atoms with Crippen molar-refractivity contribution < 1.29 is 9.46 Å². The van der Waals surface area contributed by atoms with Crippen molar-refractivity contribution in [2.24, 2.45) is 0 Å². The van der Waals surface area contributed by atoms with Gasteiger partial charge in [-0.3, -0.25) is 4.58 Å². The Morgan fingerprint density at radius 3 is 2.25 bits per heavy atom. The van der Waals surface area contributed by atoms with Crippen LogP contribution in [-0.4, -0.2) is 14.9 Å². The standard InChI is InChI=1S/C9H22O2Si/c1-6-7-8-10-11-12(4,5)9(2)3/h9H,6-8H2,1-5H3. The molecular formula is C9H22O2Si. The number of hydrogen-bond acceptors (Lipinski definition) is 2. The van der Waals surface area contributed by atoms with Gasteiger partial charge in [0.15, 0.2) is 0 Å². The molecule has 0 spiro atoms. The van der Waals surface area contributed by atoms with Gasteiger partial charge in [0.25, 0.3) is 0 Å². The minimum Gasteiger partial charge on any atom is -0.287 e. The summed E-state index contributed by atoms with van der Waals surface area (Å²) in [6, 6.07) is 0. The predicted molar refractivity (Wildman–Crippen MR) is 54.5 cm³/mol. The second kappa shape index (κ2) is 5.73. The highest BCUT2D eigenvalue weighted by molar-refractivity contribution is 6.72. The van der Waals surface area contributed by atoms with Gasteiger partial charge in [-0.2, -0.15) is 0 Å². The van der Waals surface area contributed by atoms with Crippen LogP contribution in [0.25, 0.3) is 0 Å². The molecule has 0 unspecified atom stereocenters. The lowest BCUT2D eigenvalue weighted by atomic mass is 10.4. The SMILES string of the molecule is CCCCOO[Si](C)(C)C(C)C. The van der Waals surface area contributed by atoms with Crippen molar-refractivity contribution in [3.8, 4) is 0 Å². The summed E-state index contributed by atoms with van der Waals surface area (Å²) in [4.78, 5) is 5.16. The van der Waals surface area contributed by atoms with Crippen LogP contribution >= 0.6 is 0 Å². The van der Waals surface area contributed by atoms with E-state index in [-0.39, 0.29) is 0 Å². The highest BCUT2D eigenvalue weighted by atomic mass is 28.4. The molecule has 0 atom stereocenters. The highest BCUT2D eigenvalue weighted by Gasteiger charge is 2.28. The van der Waals surface area contributed by atoms with Gasteiger partial charge in [0.2, 0.25) is 8.32 Å². The van der Waals surface area contributed by atoms with E-state index in [9.17, 15) is 0 Å². The molecule has 0 aromatic carbocycles. The molecule has 0 aliphatic heterocycles. The van der Waals surface area contributed by atoms with Crippen LogP contribution < -0.4 is 0 Å². The van der Waals surface area contributed by atoms with E-state index < -0.39 is 8.32 Å². The van der Waals surface area contributed by atoms with Gasteiger partial charge in [0.05, 0.1) is 6.61 Å². The molecule has 3 heteroatoms. The van der Waals surface area contributed by atoms with Crippen LogP contribution in [0.2, 0.25) is 18.6 Å². The Labute approximate surface area is 77.3 Å². The van der Waals surface area contributed by atoms with Gasteiger partial charge in [0, 0.05) is 0 Å². The van der Waals surface area contributed by atoms with Gasteiger partial charge in [-0.05, 0) is 25.1 Å². The summed E-state index contributed by atoms with van der Waals surface area (Å²) in [5.74, 6) is 0. The first-order valence-electron chi connectivity index (χ1n) is 4.81. The molecule has 0 amide bonds. The Balaban J connectivity index is 3.47. The van der Waals surface area contributed by atoms with E-state index >= 15 is 0 Å². The smallest absolute Gasteiger partial charge is 0.235 e. The summed E-state index contributed by atoms with van der Waals surface area (Å²) in [6.45, 7) is 11.6. The van der Waals surface area contributed by atoms with Gasteiger partial charge < -0.3 is 0 Å². The fraction of sp³-hybridized carbons (Fsp3) is 1.00. The molecule has 0 rings (SSSR count). The molecule has 0 radical (unpaired) electrons. The number of hydrogen-bond donors (Lipinski definition) is 0. The van der Waals surface area contributed by atoms with Crippen LogP contribution in [-0.2, 0) is 9.46 Å². The first kappa shape index (κ1) is 12.1. The molecule has 0 heterocycles. The minimum atomic E-state index is -1.55. The molecule has 0 aliphatic carbocycles. The molecule has 2 nitrogen and oxygen atoms in total. The Morgan fingerprint density at radius 2 is 1.83 bits per heavy atom. The van der Waals surface area contributed by atoms with Crippen molar-refractivity contribution in [3.05, 3.63) is 0 Å². The minimum absolute atomic E-state index is 0.610. The van der Waals surface area contributed by atoms with Crippen LogP contribution in [0.1, 0.15) is 33.6 Å². The number of unbranched alkanes of at least 4 members (excludes halogenated alkanes) is 1. The molecule has 0 N–H and O–H groups in total. The fourth-order valence-corrected chi connectivity index (χ4v) is 1.07. The average molecular weight is 190 g/mol. The van der Waals surface area contributed by atoms with Crippen molar-refractivity contribution in [2.45, 2.75) is 52.2 Å². The average Bonchev–Trinajstić information content (AvgIpc) is 1.98. The van der Waals surface area contributed by atoms with E-state index in [2.05, 4.69) is 33.9 Å². The topological polar surface area (TPSA) is 18.5 Å². The van der Waals surface area contributed by atoms with E-state index in [1.807, 2.05) is 0 Å². The predicted octanol–water partition coefficient (Wildman–Crippen LogP) is 3.35. The third kappa shape index (κ3) is 4.90. The maximum absolute atomic E-state index is 5.43. The molecule has 0 aromatic heterocycles. The van der Waals surface area contributed by atoms with Crippen molar-refractivity contribution >= 4 is 8.32 Å². The molecule has 74 valence electrons. The van der Waals surface area contributed by atoms with Gasteiger partial charge in [-0.1, -0.05) is 27.2 Å². The van der Waals surface area contributed by atoms with Crippen LogP contribution in [0.15, 0.2) is 0 Å². The van der Waals surface area contributed by atoms with E-state index in [1.54, 1.807) is 0 Å². The van der Waals surface area contributed by atoms with Gasteiger partial charge >= 0.3 is 0 Å². The zero-order valence-corrected chi connectivity index (χ0v) is 10.0. The molecule has 0 aliphatic rings. The van der Waals surface area contributed by atoms with E-state index in [1.165, 1.54) is 0 Å². The van der Waals surface area contributed by atoms with Crippen LogP contribution in [0.4, 0.5) is 0 Å². The van der Waals surface area contributed by atoms with Gasteiger partial charge in [-0.15, -0.1) is 0 Å². The molecule has 0 saturated heterocycles. The summed E-state index contributed by atoms with van der Waals surface area (Å²) >= 11 is 0. The third-order valence-corrected chi connectivity index (χ3v) is 5.57. The Bertz CT molecular complexity index is 113. The van der Waals surface area contributed by atoms with Crippen molar-refractivity contribution in [1.29, 1.82) is 0 Å². The highest BCUT2D eigenvalue weighted by Crippen LogP contribution is 2.21. The van der Waals surface area contributed by atoms with E-state index in [0.29, 0.717) is 5.54 Å². The Kier molecular flexibility index (Phi) is 5.79. The summed E-state index contributed by atoms with van der Waals surface area (Å²) in [6.07, 6.45) is 2.25. The van der Waals surface area contributed by atoms with Crippen molar-refractivity contribution in [3.63, 3.8) is 0 Å². The van der Waals surface area contributed by atoms with Crippen LogP contribution in [0.3, 0.4) is 0 Å². The third-order valence-electron chi connectivity index (χ3n) is 2.25. The second-order valence-corrected chi connectivity index (χ2v) is 8.55. The summed E-state index contributed by atoms with van der Waals surface area (Å²) in [5.41, 5.74) is 0.610. The van der Waals surface area contributed by atoms with Gasteiger partial charge in [-0.25, -0.2) is 4.89 Å². The van der Waals surface area contributed by atoms with Gasteiger partial charge in [0.1, 0.15) is 0 Å². The zero-order valence-electron chi connectivity index (χ0n) is 9.02. The lowest BCUT2D eigenvalue weighted by molar-refractivity contribution is -0.219. The molecule has 12 heavy (non-hydrogen) atoms. The fourth-order valence-electron chi connectivity index (χ4n) is 0.493. The monoisotopic (exact) mass is 190 g/mol. The van der Waals surface area contributed by atoms with Crippen LogP contribution in [0, 0.1) is 0 Å². The summed E-state index contributed by atoms with van der Waals surface area (Å²) in [7, 11) is -1.55. The number of rotatable bonds is 6. The lowest BCUT2D eigenvalue weighted by Crippen LogP contribution is -2.34. The van der Waals surface area contributed by atoms with E-state index in [4.69, 9.17) is 9.46 Å². The van der Waals surface area contributed by atoms with Crippen molar-refractivity contribution in [1.82, 2.24) is 0 Å². The van der Waals surface area contributed by atoms with Crippen LogP contribution in [0.5, 0.6) is 0 Å². The molecule has 0 bridgehead atoms. The largest absolute Gasteiger partial charge is 0.287 e. The maximum atomic E-state index is 5.43. The Morgan fingerprint density at radius 1 is 1.25 bits per heavy atom. The first-order chi connectivity index (χ1) is 5.50. The van der Waals surface area contributed by atoms with Crippen molar-refractivity contribution in [2.75, 3.05) is 6.61 Å². The quantitative estimate of drug-likeness (QED) is 0.277. The maximum Gasteiger partial charge on any atom is 0.235 e. The second-order valence-electron chi connectivity index (χ2n) is 4.02. The molecule has 0 saturated carbocycles. The zero-order chi connectivity index (χ0) is 9.61. The molecule has 0 fully saturated rings. The molecule has 0 aromatic rings. The normalized spacial score (nSPS) is 12.5.